The highest BCUT2D eigenvalue weighted by Gasteiger charge is 2.19. The second kappa shape index (κ2) is 6.05. The molecule has 3 nitrogen and oxygen atoms in total. The van der Waals surface area contributed by atoms with Crippen molar-refractivity contribution in [1.29, 1.82) is 0 Å². The third kappa shape index (κ3) is 3.66. The molecule has 0 saturated carbocycles. The number of rotatable bonds is 4. The minimum absolute atomic E-state index is 0.179. The summed E-state index contributed by atoms with van der Waals surface area (Å²) in [6.45, 7) is 0. The number of thiophene rings is 1. The lowest BCUT2D eigenvalue weighted by atomic mass is 10.3. The first-order chi connectivity index (χ1) is 8.92. The molecule has 0 saturated heterocycles. The van der Waals surface area contributed by atoms with Crippen LogP contribution in [-0.2, 0) is 10.0 Å². The van der Waals surface area contributed by atoms with Crippen LogP contribution in [-0.4, -0.2) is 14.7 Å². The minimum atomic E-state index is -3.59. The first-order valence-electron chi connectivity index (χ1n) is 5.04. The molecule has 0 aliphatic rings. The molecule has 0 aliphatic heterocycles. The van der Waals surface area contributed by atoms with Crippen LogP contribution in [0.4, 0.5) is 5.69 Å². The number of sulfonamides is 1. The Morgan fingerprint density at radius 3 is 2.42 bits per heavy atom. The quantitative estimate of drug-likeness (QED) is 0.760. The molecule has 102 valence electrons. The van der Waals surface area contributed by atoms with E-state index in [4.69, 9.17) is 11.6 Å². The summed E-state index contributed by atoms with van der Waals surface area (Å²) < 4.78 is 27.6. The van der Waals surface area contributed by atoms with Crippen molar-refractivity contribution < 1.29 is 8.42 Å². The maximum Gasteiger partial charge on any atom is 0.271 e. The molecule has 2 aromatic rings. The minimum Gasteiger partial charge on any atom is -0.279 e. The monoisotopic (exact) mass is 397 g/mol. The zero-order valence-corrected chi connectivity index (χ0v) is 14.5. The van der Waals surface area contributed by atoms with Gasteiger partial charge >= 0.3 is 0 Å². The third-order valence-electron chi connectivity index (χ3n) is 2.23. The Labute approximate surface area is 133 Å². The molecule has 0 radical (unpaired) electrons. The molecule has 19 heavy (non-hydrogen) atoms. The fourth-order valence-corrected chi connectivity index (χ4v) is 5.19. The van der Waals surface area contributed by atoms with Gasteiger partial charge in [0.15, 0.2) is 0 Å². The van der Waals surface area contributed by atoms with Gasteiger partial charge in [-0.25, -0.2) is 8.42 Å². The second-order valence-electron chi connectivity index (χ2n) is 3.52. The van der Waals surface area contributed by atoms with E-state index in [1.54, 1.807) is 23.9 Å². The molecule has 0 bridgehead atoms. The molecule has 0 amide bonds. The van der Waals surface area contributed by atoms with Crippen LogP contribution in [0.3, 0.4) is 0 Å². The smallest absolute Gasteiger partial charge is 0.271 e. The van der Waals surface area contributed by atoms with Gasteiger partial charge in [-0.1, -0.05) is 11.6 Å². The van der Waals surface area contributed by atoms with Crippen molar-refractivity contribution in [2.45, 2.75) is 9.10 Å². The summed E-state index contributed by atoms with van der Waals surface area (Å²) in [5.41, 5.74) is 0.526. The van der Waals surface area contributed by atoms with Gasteiger partial charge in [-0.3, -0.25) is 4.72 Å². The van der Waals surface area contributed by atoms with Crippen LogP contribution < -0.4 is 4.72 Å². The molecule has 2 rings (SSSR count). The van der Waals surface area contributed by atoms with Crippen LogP contribution >= 0.6 is 50.6 Å². The van der Waals surface area contributed by atoms with Gasteiger partial charge < -0.3 is 0 Å². The summed E-state index contributed by atoms with van der Waals surface area (Å²) in [7, 11) is -3.59. The van der Waals surface area contributed by atoms with E-state index in [1.165, 1.54) is 6.07 Å². The van der Waals surface area contributed by atoms with Gasteiger partial charge in [-0.15, -0.1) is 23.1 Å². The maximum atomic E-state index is 12.1. The maximum absolute atomic E-state index is 12.1. The molecule has 0 aliphatic carbocycles. The standard InChI is InChI=1S/C11H9BrClNO2S3/c1-17-8-4-2-7(3-5-8)14-19(15,16)10-6-9(13)11(12)18-10/h2-6,14H,1H3. The highest BCUT2D eigenvalue weighted by atomic mass is 79.9. The number of nitrogens with one attached hydrogen (secondary N) is 1. The molecule has 0 unspecified atom stereocenters. The van der Waals surface area contributed by atoms with Gasteiger partial charge in [0.05, 0.1) is 8.81 Å². The Hall–Kier alpha value is -0.210. The summed E-state index contributed by atoms with van der Waals surface area (Å²) in [5, 5.41) is 0.392. The SMILES string of the molecule is CSc1ccc(NS(=O)(=O)c2cc(Cl)c(Br)s2)cc1. The molecule has 1 N–H and O–H groups in total. The van der Waals surface area contributed by atoms with E-state index in [0.717, 1.165) is 16.2 Å². The second-order valence-corrected chi connectivity index (χ2v) is 9.09. The predicted molar refractivity (Wildman–Crippen MR) is 86.1 cm³/mol. The van der Waals surface area contributed by atoms with Crippen molar-refractivity contribution >= 4 is 66.3 Å². The van der Waals surface area contributed by atoms with Crippen LogP contribution in [0, 0.1) is 0 Å². The van der Waals surface area contributed by atoms with Gasteiger partial charge in [0, 0.05) is 10.6 Å². The Morgan fingerprint density at radius 1 is 1.32 bits per heavy atom. The van der Waals surface area contributed by atoms with Crippen LogP contribution in [0.1, 0.15) is 0 Å². The number of hydrogen-bond donors (Lipinski definition) is 1. The van der Waals surface area contributed by atoms with Crippen LogP contribution in [0.5, 0.6) is 0 Å². The number of benzene rings is 1. The van der Waals surface area contributed by atoms with E-state index in [1.807, 2.05) is 18.4 Å². The van der Waals surface area contributed by atoms with Gasteiger partial charge in [-0.2, -0.15) is 0 Å². The molecule has 0 fully saturated rings. The normalized spacial score (nSPS) is 11.5. The Balaban J connectivity index is 2.25. The average Bonchev–Trinajstić information content (AvgIpc) is 2.71. The highest BCUT2D eigenvalue weighted by molar-refractivity contribution is 9.11. The summed E-state index contributed by atoms with van der Waals surface area (Å²) >= 11 is 11.7. The largest absolute Gasteiger partial charge is 0.279 e. The number of anilines is 1. The topological polar surface area (TPSA) is 46.2 Å². The molecule has 0 atom stereocenters. The molecule has 1 heterocycles. The fraction of sp³-hybridized carbons (Fsp3) is 0.0909. The van der Waals surface area contributed by atoms with Crippen molar-refractivity contribution in [3.63, 3.8) is 0 Å². The summed E-state index contributed by atoms with van der Waals surface area (Å²) in [4.78, 5) is 1.07. The van der Waals surface area contributed by atoms with E-state index in [2.05, 4.69) is 20.7 Å². The highest BCUT2D eigenvalue weighted by Crippen LogP contribution is 2.35. The van der Waals surface area contributed by atoms with Gasteiger partial charge in [0.25, 0.3) is 10.0 Å². The first kappa shape index (κ1) is 15.2. The van der Waals surface area contributed by atoms with Crippen LogP contribution in [0.15, 0.2) is 43.2 Å². The number of halogens is 2. The molecule has 1 aromatic carbocycles. The average molecular weight is 399 g/mol. The molecule has 8 heteroatoms. The number of hydrogen-bond acceptors (Lipinski definition) is 4. The molecule has 0 spiro atoms. The molecule has 1 aromatic heterocycles. The zero-order chi connectivity index (χ0) is 14.0. The van der Waals surface area contributed by atoms with Crippen molar-refractivity contribution in [3.8, 4) is 0 Å². The Kier molecular flexibility index (Phi) is 4.84. The molecular weight excluding hydrogens is 390 g/mol. The summed E-state index contributed by atoms with van der Waals surface area (Å²) in [6, 6.07) is 8.61. The lowest BCUT2D eigenvalue weighted by Gasteiger charge is -2.06. The predicted octanol–water partition coefficient (Wildman–Crippen LogP) is 4.69. The molecular formula is C11H9BrClNO2S3. The van der Waals surface area contributed by atoms with Crippen LogP contribution in [0.2, 0.25) is 5.02 Å². The van der Waals surface area contributed by atoms with Gasteiger partial charge in [-0.05, 0) is 52.5 Å². The fourth-order valence-electron chi connectivity index (χ4n) is 1.32. The van der Waals surface area contributed by atoms with E-state index >= 15 is 0 Å². The lowest BCUT2D eigenvalue weighted by molar-refractivity contribution is 0.603. The summed E-state index contributed by atoms with van der Waals surface area (Å²) in [6.07, 6.45) is 1.96. The van der Waals surface area contributed by atoms with E-state index < -0.39 is 10.0 Å². The van der Waals surface area contributed by atoms with Crippen molar-refractivity contribution in [1.82, 2.24) is 0 Å². The number of thioether (sulfide) groups is 1. The van der Waals surface area contributed by atoms with E-state index in [-0.39, 0.29) is 4.21 Å². The van der Waals surface area contributed by atoms with Gasteiger partial charge in [0.1, 0.15) is 4.21 Å². The van der Waals surface area contributed by atoms with Crippen molar-refractivity contribution in [3.05, 3.63) is 39.1 Å². The summed E-state index contributed by atoms with van der Waals surface area (Å²) in [5.74, 6) is 0. The first-order valence-corrected chi connectivity index (χ1v) is 9.73. The van der Waals surface area contributed by atoms with E-state index in [9.17, 15) is 8.42 Å². The van der Waals surface area contributed by atoms with Crippen LogP contribution in [0.25, 0.3) is 0 Å². The Bertz CT molecular complexity index is 663. The van der Waals surface area contributed by atoms with E-state index in [0.29, 0.717) is 14.5 Å². The zero-order valence-electron chi connectivity index (χ0n) is 9.68. The Morgan fingerprint density at radius 2 is 1.95 bits per heavy atom. The van der Waals surface area contributed by atoms with Crippen molar-refractivity contribution in [2.75, 3.05) is 11.0 Å². The lowest BCUT2D eigenvalue weighted by Crippen LogP contribution is -2.11. The van der Waals surface area contributed by atoms with Gasteiger partial charge in [0.2, 0.25) is 0 Å². The third-order valence-corrected chi connectivity index (χ3v) is 7.30. The van der Waals surface area contributed by atoms with Crippen molar-refractivity contribution in [2.24, 2.45) is 0 Å².